The molecule has 2 aromatic rings. The number of nitrogens with one attached hydrogen (secondary N) is 1. The average molecular weight is 434 g/mol. The predicted molar refractivity (Wildman–Crippen MR) is 126 cm³/mol. The normalized spacial score (nSPS) is 21.7. The van der Waals surface area contributed by atoms with E-state index >= 15 is 0 Å². The minimum Gasteiger partial charge on any atom is -0.393 e. The van der Waals surface area contributed by atoms with Crippen molar-refractivity contribution < 1.29 is 9.90 Å². The smallest absolute Gasteiger partial charge is 0.318 e. The lowest BCUT2D eigenvalue weighted by Crippen LogP contribution is -2.44. The second-order valence-corrected chi connectivity index (χ2v) is 9.68. The number of urea groups is 1. The van der Waals surface area contributed by atoms with E-state index in [0.29, 0.717) is 12.6 Å². The fourth-order valence-electron chi connectivity index (χ4n) is 5.40. The van der Waals surface area contributed by atoms with E-state index in [1.807, 2.05) is 0 Å². The molecule has 1 unspecified atom stereocenters. The lowest BCUT2D eigenvalue weighted by molar-refractivity contribution is 0.0791. The first-order chi connectivity index (χ1) is 15.7. The lowest BCUT2D eigenvalue weighted by Gasteiger charge is -2.36. The number of aliphatic hydroxyl groups is 1. The molecule has 2 N–H and O–H groups in total. The summed E-state index contributed by atoms with van der Waals surface area (Å²) in [6.07, 6.45) is 7.08. The van der Waals surface area contributed by atoms with Gasteiger partial charge in [0.25, 0.3) is 0 Å². The third kappa shape index (κ3) is 4.84. The van der Waals surface area contributed by atoms with Crippen LogP contribution < -0.4 is 5.32 Å². The maximum Gasteiger partial charge on any atom is 0.318 e. The van der Waals surface area contributed by atoms with Gasteiger partial charge in [-0.2, -0.15) is 0 Å². The number of carbonyl (C=O) groups excluding carboxylic acids is 1. The number of hydrogen-bond acceptors (Lipinski definition) is 3. The van der Waals surface area contributed by atoms with Crippen molar-refractivity contribution in [2.75, 3.05) is 13.1 Å². The van der Waals surface area contributed by atoms with Gasteiger partial charge in [0.1, 0.15) is 0 Å². The molecule has 0 radical (unpaired) electrons. The zero-order valence-electron chi connectivity index (χ0n) is 18.9. The van der Waals surface area contributed by atoms with Gasteiger partial charge in [0.15, 0.2) is 0 Å². The van der Waals surface area contributed by atoms with Crippen molar-refractivity contribution in [2.45, 2.75) is 76.2 Å². The molecule has 0 aromatic heterocycles. The molecule has 5 rings (SSSR count). The number of amides is 2. The van der Waals surface area contributed by atoms with E-state index in [1.54, 1.807) is 0 Å². The summed E-state index contributed by atoms with van der Waals surface area (Å²) in [6.45, 7) is 3.29. The molecule has 3 aliphatic rings. The number of benzene rings is 2. The Morgan fingerprint density at radius 1 is 0.969 bits per heavy atom. The monoisotopic (exact) mass is 433 g/mol. The number of piperidine rings is 1. The van der Waals surface area contributed by atoms with Crippen LogP contribution in [0.5, 0.6) is 0 Å². The van der Waals surface area contributed by atoms with Crippen molar-refractivity contribution in [3.8, 4) is 0 Å². The third-order valence-corrected chi connectivity index (χ3v) is 7.35. The van der Waals surface area contributed by atoms with Gasteiger partial charge in [-0.1, -0.05) is 48.5 Å². The Hall–Kier alpha value is -2.37. The molecule has 1 saturated carbocycles. The first-order valence-electron chi connectivity index (χ1n) is 12.3. The first-order valence-corrected chi connectivity index (χ1v) is 12.3. The molecule has 5 nitrogen and oxygen atoms in total. The van der Waals surface area contributed by atoms with Gasteiger partial charge < -0.3 is 15.3 Å². The number of likely N-dealkylation sites (tertiary alicyclic amines) is 1. The number of fused-ring (bicyclic) bond motifs is 1. The number of aliphatic hydroxyl groups excluding tert-OH is 1. The van der Waals surface area contributed by atoms with E-state index in [-0.39, 0.29) is 18.2 Å². The Kier molecular flexibility index (Phi) is 6.47. The fraction of sp³-hybridized carbons (Fsp3) is 0.519. The summed E-state index contributed by atoms with van der Waals surface area (Å²) in [5.41, 5.74) is 5.20. The van der Waals surface area contributed by atoms with Crippen molar-refractivity contribution in [1.29, 1.82) is 0 Å². The molecule has 1 heterocycles. The molecule has 2 aromatic carbocycles. The maximum atomic E-state index is 13.4. The molecule has 1 atom stereocenters. The minimum atomic E-state index is -0.154. The summed E-state index contributed by atoms with van der Waals surface area (Å²) >= 11 is 0. The molecular formula is C27H35N3O2. The molecule has 1 aliphatic heterocycles. The van der Waals surface area contributed by atoms with Crippen LogP contribution in [0.15, 0.2) is 48.5 Å². The van der Waals surface area contributed by atoms with Crippen LogP contribution in [0.4, 0.5) is 4.79 Å². The van der Waals surface area contributed by atoms with Gasteiger partial charge >= 0.3 is 6.03 Å². The molecule has 0 spiro atoms. The molecule has 32 heavy (non-hydrogen) atoms. The standard InChI is InChI=1S/C27H35N3O2/c31-24-14-16-29(17-15-24)19-22-8-2-1-7-21(22)18-28-27(32)30(23-12-13-23)26-11-5-9-20-6-3-4-10-25(20)26/h1-4,6-8,10,23-24,26,31H,5,9,11-19H2,(H,28,32). The highest BCUT2D eigenvalue weighted by Crippen LogP contribution is 2.40. The summed E-state index contributed by atoms with van der Waals surface area (Å²) in [4.78, 5) is 18.0. The summed E-state index contributed by atoms with van der Waals surface area (Å²) in [5.74, 6) is 0. The number of carbonyl (C=O) groups is 1. The van der Waals surface area contributed by atoms with Crippen LogP contribution in [-0.2, 0) is 19.5 Å². The average Bonchev–Trinajstić information content (AvgIpc) is 3.65. The van der Waals surface area contributed by atoms with E-state index in [1.165, 1.54) is 22.3 Å². The summed E-state index contributed by atoms with van der Waals surface area (Å²) in [6, 6.07) is 17.7. The molecular weight excluding hydrogens is 398 g/mol. The Morgan fingerprint density at radius 2 is 1.69 bits per heavy atom. The van der Waals surface area contributed by atoms with Gasteiger partial charge in [0, 0.05) is 32.2 Å². The number of rotatable bonds is 6. The topological polar surface area (TPSA) is 55.8 Å². The molecule has 170 valence electrons. The second kappa shape index (κ2) is 9.63. The quantitative estimate of drug-likeness (QED) is 0.710. The molecule has 2 aliphatic carbocycles. The molecule has 2 fully saturated rings. The van der Waals surface area contributed by atoms with Crippen molar-refractivity contribution >= 4 is 6.03 Å². The minimum absolute atomic E-state index is 0.0742. The van der Waals surface area contributed by atoms with Crippen molar-refractivity contribution in [1.82, 2.24) is 15.1 Å². The van der Waals surface area contributed by atoms with Crippen molar-refractivity contribution in [3.05, 3.63) is 70.8 Å². The highest BCUT2D eigenvalue weighted by Gasteiger charge is 2.39. The van der Waals surface area contributed by atoms with Gasteiger partial charge in [-0.05, 0) is 67.2 Å². The lowest BCUT2D eigenvalue weighted by atomic mass is 9.87. The van der Waals surface area contributed by atoms with E-state index in [2.05, 4.69) is 63.6 Å². The van der Waals surface area contributed by atoms with E-state index in [9.17, 15) is 9.90 Å². The van der Waals surface area contributed by atoms with Gasteiger partial charge in [-0.3, -0.25) is 4.90 Å². The highest BCUT2D eigenvalue weighted by atomic mass is 16.3. The van der Waals surface area contributed by atoms with Crippen molar-refractivity contribution in [3.63, 3.8) is 0 Å². The molecule has 2 amide bonds. The van der Waals surface area contributed by atoms with Crippen LogP contribution in [-0.4, -0.2) is 46.2 Å². The summed E-state index contributed by atoms with van der Waals surface area (Å²) in [5, 5.41) is 13.0. The molecule has 1 saturated heterocycles. The maximum absolute atomic E-state index is 13.4. The van der Waals surface area contributed by atoms with Gasteiger partial charge in [0.05, 0.1) is 12.1 Å². The zero-order chi connectivity index (χ0) is 21.9. The highest BCUT2D eigenvalue weighted by molar-refractivity contribution is 5.75. The van der Waals surface area contributed by atoms with Crippen LogP contribution in [0.25, 0.3) is 0 Å². The largest absolute Gasteiger partial charge is 0.393 e. The predicted octanol–water partition coefficient (Wildman–Crippen LogP) is 4.39. The summed E-state index contributed by atoms with van der Waals surface area (Å²) in [7, 11) is 0. The Morgan fingerprint density at radius 3 is 2.47 bits per heavy atom. The zero-order valence-corrected chi connectivity index (χ0v) is 18.9. The van der Waals surface area contributed by atoms with E-state index < -0.39 is 0 Å². The third-order valence-electron chi connectivity index (χ3n) is 7.35. The SMILES string of the molecule is O=C(NCc1ccccc1CN1CCC(O)CC1)N(C1CC1)C1CCCc2ccccc21. The van der Waals surface area contributed by atoms with E-state index in [4.69, 9.17) is 0 Å². The van der Waals surface area contributed by atoms with E-state index in [0.717, 1.165) is 64.6 Å². The van der Waals surface area contributed by atoms with Crippen LogP contribution in [0.3, 0.4) is 0 Å². The Bertz CT molecular complexity index is 934. The van der Waals surface area contributed by atoms with Crippen LogP contribution in [0.1, 0.15) is 66.8 Å². The molecule has 5 heteroatoms. The van der Waals surface area contributed by atoms with Gasteiger partial charge in [-0.25, -0.2) is 4.79 Å². The van der Waals surface area contributed by atoms with Gasteiger partial charge in [0.2, 0.25) is 0 Å². The van der Waals surface area contributed by atoms with Gasteiger partial charge in [-0.15, -0.1) is 0 Å². The summed E-state index contributed by atoms with van der Waals surface area (Å²) < 4.78 is 0. The second-order valence-electron chi connectivity index (χ2n) is 9.68. The number of hydrogen-bond donors (Lipinski definition) is 2. The van der Waals surface area contributed by atoms with Crippen LogP contribution >= 0.6 is 0 Å². The fourth-order valence-corrected chi connectivity index (χ4v) is 5.40. The first kappa shape index (κ1) is 21.5. The van der Waals surface area contributed by atoms with Crippen LogP contribution in [0.2, 0.25) is 0 Å². The Labute approximate surface area is 191 Å². The number of aryl methyl sites for hydroxylation is 1. The molecule has 0 bridgehead atoms. The number of nitrogens with zero attached hydrogens (tertiary/aromatic N) is 2. The van der Waals surface area contributed by atoms with Crippen LogP contribution in [0, 0.1) is 0 Å². The Balaban J connectivity index is 1.26. The van der Waals surface area contributed by atoms with Crippen molar-refractivity contribution in [2.24, 2.45) is 0 Å².